The number of amides is 5. The lowest BCUT2D eigenvalue weighted by molar-refractivity contribution is -0.131. The largest absolute Gasteiger partial charge is 0.507 e. The number of phenols is 1. The third-order valence-electron chi connectivity index (χ3n) is 10.1. The molecular weight excluding hydrogens is 676 g/mol. The van der Waals surface area contributed by atoms with Gasteiger partial charge in [-0.1, -0.05) is 56.9 Å². The maximum Gasteiger partial charge on any atom is 0.264 e. The van der Waals surface area contributed by atoms with Crippen LogP contribution in [0.2, 0.25) is 0 Å². The molecule has 0 bridgehead atoms. The van der Waals surface area contributed by atoms with Gasteiger partial charge in [-0.25, -0.2) is 0 Å². The van der Waals surface area contributed by atoms with Gasteiger partial charge in [0.15, 0.2) is 5.82 Å². The first-order chi connectivity index (χ1) is 25.6. The fraction of sp³-hybridized carbons (Fsp3) is 0.410. The van der Waals surface area contributed by atoms with Gasteiger partial charge in [-0.05, 0) is 56.0 Å². The summed E-state index contributed by atoms with van der Waals surface area (Å²) in [6.45, 7) is 6.19. The van der Waals surface area contributed by atoms with Crippen LogP contribution in [0.3, 0.4) is 0 Å². The number of rotatable bonds is 14. The molecule has 0 aliphatic carbocycles. The molecule has 2 saturated heterocycles. The van der Waals surface area contributed by atoms with Gasteiger partial charge >= 0.3 is 0 Å². The number of imide groups is 1. The zero-order chi connectivity index (χ0) is 37.5. The normalized spacial score (nSPS) is 17.2. The lowest BCUT2D eigenvalue weighted by Crippen LogP contribution is -2.51. The lowest BCUT2D eigenvalue weighted by Gasteiger charge is -2.36. The summed E-state index contributed by atoms with van der Waals surface area (Å²) in [6, 6.07) is 12.6. The van der Waals surface area contributed by atoms with Crippen LogP contribution in [-0.2, 0) is 14.4 Å². The summed E-state index contributed by atoms with van der Waals surface area (Å²) in [4.78, 5) is 69.6. The number of hydrogen-bond acceptors (Lipinski definition) is 10. The summed E-state index contributed by atoms with van der Waals surface area (Å²) in [6.07, 6.45) is 7.92. The van der Waals surface area contributed by atoms with Crippen molar-refractivity contribution in [1.29, 1.82) is 0 Å². The Bertz CT molecular complexity index is 1910. The van der Waals surface area contributed by atoms with Gasteiger partial charge < -0.3 is 31.3 Å². The van der Waals surface area contributed by atoms with Crippen LogP contribution in [0.1, 0.15) is 91.3 Å². The third-order valence-corrected chi connectivity index (χ3v) is 10.1. The van der Waals surface area contributed by atoms with Crippen LogP contribution in [0, 0.1) is 0 Å². The number of carbonyl (C=O) groups is 5. The third kappa shape index (κ3) is 8.48. The monoisotopic (exact) mass is 722 g/mol. The number of nitrogens with two attached hydrogens (primary N) is 1. The van der Waals surface area contributed by atoms with E-state index >= 15 is 0 Å². The molecule has 1 unspecified atom stereocenters. The lowest BCUT2D eigenvalue weighted by atomic mass is 10.0. The molecule has 14 nitrogen and oxygen atoms in total. The molecule has 6 rings (SSSR count). The van der Waals surface area contributed by atoms with E-state index in [0.29, 0.717) is 74.6 Å². The molecular formula is C39H46N8O6. The van der Waals surface area contributed by atoms with E-state index in [2.05, 4.69) is 32.3 Å². The molecule has 2 aromatic carbocycles. The number of allylic oxidation sites excluding steroid dienone is 1. The summed E-state index contributed by atoms with van der Waals surface area (Å²) in [7, 11) is 0. The highest BCUT2D eigenvalue weighted by Crippen LogP contribution is 2.34. The molecule has 1 aromatic heterocycles. The molecule has 53 heavy (non-hydrogen) atoms. The van der Waals surface area contributed by atoms with Crippen molar-refractivity contribution in [3.63, 3.8) is 0 Å². The number of unbranched alkanes of at least 4 members (excludes halogenated alkanes) is 6. The highest BCUT2D eigenvalue weighted by atomic mass is 16.3. The standard InChI is InChI=1S/C39H46N8O6/c1-25-18-19-30(37(51)41-25)47-38(52)27-13-11-14-28(35(27)39(47)53)42-33(49)16-7-5-3-2-4-6-8-17-34(50)46-22-20-45(21-23-46)31-24-29(43-44-36(31)40)26-12-9-10-15-32(26)48/h9-15,24,30,48H,1-8,16-23H2,(H2,40,44)(H,41,51)(H,42,49). The Morgan fingerprint density at radius 2 is 1.55 bits per heavy atom. The Balaban J connectivity index is 0.849. The maximum atomic E-state index is 13.3. The van der Waals surface area contributed by atoms with Crippen LogP contribution in [-0.4, -0.2) is 86.9 Å². The van der Waals surface area contributed by atoms with Gasteiger partial charge in [-0.2, -0.15) is 0 Å². The smallest absolute Gasteiger partial charge is 0.264 e. The molecule has 3 aliphatic heterocycles. The quantitative estimate of drug-likeness (QED) is 0.135. The predicted octanol–water partition coefficient (Wildman–Crippen LogP) is 4.62. The zero-order valence-electron chi connectivity index (χ0n) is 29.8. The minimum absolute atomic E-state index is 0.121. The van der Waals surface area contributed by atoms with Crippen LogP contribution in [0.4, 0.5) is 17.2 Å². The van der Waals surface area contributed by atoms with Crippen molar-refractivity contribution in [2.24, 2.45) is 0 Å². The maximum absolute atomic E-state index is 13.3. The molecule has 5 N–H and O–H groups in total. The first kappa shape index (κ1) is 37.0. The number of piperazine rings is 1. The molecule has 1 atom stereocenters. The number of anilines is 3. The average molecular weight is 723 g/mol. The molecule has 278 valence electrons. The van der Waals surface area contributed by atoms with E-state index in [4.69, 9.17) is 5.73 Å². The van der Waals surface area contributed by atoms with Crippen LogP contribution < -0.4 is 21.3 Å². The molecule has 2 fully saturated rings. The van der Waals surface area contributed by atoms with Gasteiger partial charge in [0.25, 0.3) is 11.8 Å². The molecule has 3 aromatic rings. The van der Waals surface area contributed by atoms with E-state index in [1.165, 1.54) is 6.07 Å². The van der Waals surface area contributed by atoms with Gasteiger partial charge in [0.2, 0.25) is 17.7 Å². The van der Waals surface area contributed by atoms with Crippen LogP contribution in [0.25, 0.3) is 11.3 Å². The number of aromatic nitrogens is 2. The number of para-hydroxylation sites is 1. The van der Waals surface area contributed by atoms with Crippen molar-refractivity contribution in [2.45, 2.75) is 76.7 Å². The predicted molar refractivity (Wildman–Crippen MR) is 200 cm³/mol. The molecule has 0 saturated carbocycles. The Morgan fingerprint density at radius 1 is 0.868 bits per heavy atom. The summed E-state index contributed by atoms with van der Waals surface area (Å²) in [5.74, 6) is -1.20. The number of nitrogen functional groups attached to an aromatic ring is 1. The SMILES string of the molecule is C=C1CCC(N2C(=O)c3cccc(NC(=O)CCCCCCCCCC(=O)N4CCN(c5cc(-c6ccccc6O)nnc5N)CC4)c3C2=O)C(=O)N1. The molecule has 0 radical (unpaired) electrons. The number of nitrogens with zero attached hydrogens (tertiary/aromatic N) is 5. The molecule has 0 spiro atoms. The fourth-order valence-electron chi connectivity index (χ4n) is 7.18. The van der Waals surface area contributed by atoms with Gasteiger partial charge in [0.1, 0.15) is 11.8 Å². The van der Waals surface area contributed by atoms with Gasteiger partial charge in [-0.3, -0.25) is 28.9 Å². The number of benzene rings is 2. The zero-order valence-corrected chi connectivity index (χ0v) is 29.8. The van der Waals surface area contributed by atoms with Crippen molar-refractivity contribution in [3.05, 3.63) is 71.9 Å². The molecule has 14 heteroatoms. The summed E-state index contributed by atoms with van der Waals surface area (Å²) in [5.41, 5.74) is 9.15. The highest BCUT2D eigenvalue weighted by molar-refractivity contribution is 6.25. The van der Waals surface area contributed by atoms with Gasteiger partial charge in [0.05, 0.1) is 28.2 Å². The Morgan fingerprint density at radius 3 is 2.26 bits per heavy atom. The Hall–Kier alpha value is -5.79. The average Bonchev–Trinajstić information content (AvgIpc) is 3.40. The van der Waals surface area contributed by atoms with Crippen molar-refractivity contribution in [2.75, 3.05) is 42.1 Å². The number of fused-ring (bicyclic) bond motifs is 1. The topological polar surface area (TPSA) is 191 Å². The minimum Gasteiger partial charge on any atom is -0.507 e. The minimum atomic E-state index is -0.913. The second-order valence-electron chi connectivity index (χ2n) is 13.8. The highest BCUT2D eigenvalue weighted by Gasteiger charge is 2.45. The van der Waals surface area contributed by atoms with Crippen molar-refractivity contribution in [1.82, 2.24) is 25.3 Å². The summed E-state index contributed by atoms with van der Waals surface area (Å²) in [5, 5.41) is 23.9. The Kier molecular flexibility index (Phi) is 11.7. The van der Waals surface area contributed by atoms with Gasteiger partial charge in [-0.15, -0.1) is 10.2 Å². The van der Waals surface area contributed by atoms with Crippen LogP contribution >= 0.6 is 0 Å². The number of nitrogens with one attached hydrogen (secondary N) is 2. The summed E-state index contributed by atoms with van der Waals surface area (Å²) < 4.78 is 0. The molecule has 3 aliphatic rings. The van der Waals surface area contributed by atoms with E-state index in [0.717, 1.165) is 49.1 Å². The fourth-order valence-corrected chi connectivity index (χ4v) is 7.18. The van der Waals surface area contributed by atoms with E-state index in [-0.39, 0.29) is 40.8 Å². The van der Waals surface area contributed by atoms with Crippen molar-refractivity contribution < 1.29 is 29.1 Å². The number of aromatic hydroxyl groups is 1. The van der Waals surface area contributed by atoms with Gasteiger partial charge in [0, 0.05) is 50.3 Å². The second-order valence-corrected chi connectivity index (χ2v) is 13.8. The van der Waals surface area contributed by atoms with E-state index in [1.807, 2.05) is 17.0 Å². The van der Waals surface area contributed by atoms with Crippen molar-refractivity contribution in [3.8, 4) is 17.0 Å². The first-order valence-electron chi connectivity index (χ1n) is 18.4. The second kappa shape index (κ2) is 16.7. The van der Waals surface area contributed by atoms with E-state index in [9.17, 15) is 29.1 Å². The van der Waals surface area contributed by atoms with E-state index in [1.54, 1.807) is 30.3 Å². The van der Waals surface area contributed by atoms with Crippen molar-refractivity contribution >= 4 is 46.7 Å². The van der Waals surface area contributed by atoms with Crippen LogP contribution in [0.5, 0.6) is 5.75 Å². The Labute approximate surface area is 308 Å². The number of phenolic OH excluding ortho intramolecular Hbond substituents is 1. The number of hydrogen-bond donors (Lipinski definition) is 4. The van der Waals surface area contributed by atoms with E-state index < -0.39 is 23.8 Å². The first-order valence-corrected chi connectivity index (χ1v) is 18.4. The molecule has 5 amide bonds. The molecule has 4 heterocycles. The number of carbonyl (C=O) groups excluding carboxylic acids is 5. The summed E-state index contributed by atoms with van der Waals surface area (Å²) >= 11 is 0. The number of piperidine rings is 1. The van der Waals surface area contributed by atoms with Crippen LogP contribution in [0.15, 0.2) is 60.8 Å².